The number of hydrogen-bond donors (Lipinski definition) is 2. The molecule has 0 radical (unpaired) electrons. The van der Waals surface area contributed by atoms with Gasteiger partial charge in [0.25, 0.3) is 5.91 Å². The standard InChI is InChI=1S/C16H22N2O2S/c19-15(11-7-8-11)18-14-10-9-13(21-14)16(20)17-12-5-3-1-2-4-6-12/h9-12H,1-8H2,(H,17,20)(H,18,19). The fourth-order valence-electron chi connectivity index (χ4n) is 2.78. The normalized spacial score (nSPS) is 19.8. The van der Waals surface area contributed by atoms with Crippen LogP contribution in [0.2, 0.25) is 0 Å². The highest BCUT2D eigenvalue weighted by molar-refractivity contribution is 7.18. The van der Waals surface area contributed by atoms with Crippen LogP contribution in [0.25, 0.3) is 0 Å². The number of amides is 2. The van der Waals surface area contributed by atoms with Crippen LogP contribution in [-0.4, -0.2) is 17.9 Å². The Morgan fingerprint density at radius 1 is 1.00 bits per heavy atom. The summed E-state index contributed by atoms with van der Waals surface area (Å²) in [6.45, 7) is 0. The molecule has 2 saturated carbocycles. The number of carbonyl (C=O) groups excluding carboxylic acids is 2. The molecule has 2 N–H and O–H groups in total. The second kappa shape index (κ2) is 6.60. The monoisotopic (exact) mass is 306 g/mol. The molecule has 0 atom stereocenters. The van der Waals surface area contributed by atoms with Crippen molar-refractivity contribution in [3.63, 3.8) is 0 Å². The molecule has 21 heavy (non-hydrogen) atoms. The van der Waals surface area contributed by atoms with Crippen LogP contribution >= 0.6 is 11.3 Å². The van der Waals surface area contributed by atoms with Crippen LogP contribution in [0.1, 0.15) is 61.0 Å². The summed E-state index contributed by atoms with van der Waals surface area (Å²) in [5.41, 5.74) is 0. The van der Waals surface area contributed by atoms with Gasteiger partial charge in [-0.1, -0.05) is 25.7 Å². The summed E-state index contributed by atoms with van der Waals surface area (Å²) in [6.07, 6.45) is 9.13. The Balaban J connectivity index is 1.54. The van der Waals surface area contributed by atoms with Crippen molar-refractivity contribution in [2.45, 2.75) is 57.4 Å². The van der Waals surface area contributed by atoms with E-state index in [9.17, 15) is 9.59 Å². The van der Waals surface area contributed by atoms with Gasteiger partial charge in [-0.05, 0) is 37.8 Å². The second-order valence-electron chi connectivity index (χ2n) is 6.09. The first-order chi connectivity index (χ1) is 10.2. The lowest BCUT2D eigenvalue weighted by atomic mass is 10.1. The summed E-state index contributed by atoms with van der Waals surface area (Å²) in [4.78, 5) is 24.6. The maximum Gasteiger partial charge on any atom is 0.261 e. The first-order valence-electron chi connectivity index (χ1n) is 7.94. The number of nitrogens with one attached hydrogen (secondary N) is 2. The van der Waals surface area contributed by atoms with Crippen molar-refractivity contribution in [1.82, 2.24) is 5.32 Å². The largest absolute Gasteiger partial charge is 0.349 e. The molecule has 0 spiro atoms. The Hall–Kier alpha value is -1.36. The van der Waals surface area contributed by atoms with Crippen LogP contribution in [-0.2, 0) is 4.79 Å². The second-order valence-corrected chi connectivity index (χ2v) is 7.17. The minimum absolute atomic E-state index is 0.00109. The van der Waals surface area contributed by atoms with Crippen molar-refractivity contribution in [2.24, 2.45) is 5.92 Å². The molecule has 1 aromatic heterocycles. The third-order valence-corrected chi connectivity index (χ3v) is 5.21. The van der Waals surface area contributed by atoms with Gasteiger partial charge in [-0.2, -0.15) is 0 Å². The topological polar surface area (TPSA) is 58.2 Å². The van der Waals surface area contributed by atoms with Gasteiger partial charge in [0.1, 0.15) is 0 Å². The number of rotatable bonds is 4. The lowest BCUT2D eigenvalue weighted by molar-refractivity contribution is -0.117. The Morgan fingerprint density at radius 3 is 2.38 bits per heavy atom. The minimum atomic E-state index is -0.00109. The van der Waals surface area contributed by atoms with Crippen LogP contribution in [0.5, 0.6) is 0 Å². The van der Waals surface area contributed by atoms with Gasteiger partial charge in [-0.15, -0.1) is 11.3 Å². The molecule has 0 aliphatic heterocycles. The van der Waals surface area contributed by atoms with Gasteiger partial charge >= 0.3 is 0 Å². The Morgan fingerprint density at radius 2 is 1.71 bits per heavy atom. The van der Waals surface area contributed by atoms with Crippen molar-refractivity contribution in [3.8, 4) is 0 Å². The van der Waals surface area contributed by atoms with E-state index in [4.69, 9.17) is 0 Å². The van der Waals surface area contributed by atoms with E-state index in [1.807, 2.05) is 6.07 Å². The minimum Gasteiger partial charge on any atom is -0.349 e. The predicted octanol–water partition coefficient (Wildman–Crippen LogP) is 3.55. The highest BCUT2D eigenvalue weighted by Crippen LogP contribution is 2.31. The van der Waals surface area contributed by atoms with E-state index >= 15 is 0 Å². The molecular weight excluding hydrogens is 284 g/mol. The van der Waals surface area contributed by atoms with Crippen molar-refractivity contribution >= 4 is 28.2 Å². The fraction of sp³-hybridized carbons (Fsp3) is 0.625. The highest BCUT2D eigenvalue weighted by atomic mass is 32.1. The van der Waals surface area contributed by atoms with Gasteiger partial charge in [-0.3, -0.25) is 9.59 Å². The summed E-state index contributed by atoms with van der Waals surface area (Å²) >= 11 is 1.36. The average Bonchev–Trinajstić information content (AvgIpc) is 3.25. The van der Waals surface area contributed by atoms with E-state index in [0.717, 1.165) is 30.7 Å². The molecule has 2 amide bonds. The van der Waals surface area contributed by atoms with E-state index in [1.165, 1.54) is 37.0 Å². The molecule has 5 heteroatoms. The SMILES string of the molecule is O=C(NC1CCCCCC1)c1ccc(NC(=O)C2CC2)s1. The number of carbonyl (C=O) groups is 2. The van der Waals surface area contributed by atoms with E-state index in [1.54, 1.807) is 6.07 Å². The number of anilines is 1. The number of hydrogen-bond acceptors (Lipinski definition) is 3. The van der Waals surface area contributed by atoms with Crippen molar-refractivity contribution in [1.29, 1.82) is 0 Å². The molecule has 0 saturated heterocycles. The summed E-state index contributed by atoms with van der Waals surface area (Å²) in [7, 11) is 0. The van der Waals surface area contributed by atoms with Gasteiger partial charge in [0, 0.05) is 12.0 Å². The smallest absolute Gasteiger partial charge is 0.261 e. The van der Waals surface area contributed by atoms with Crippen LogP contribution in [0.4, 0.5) is 5.00 Å². The van der Waals surface area contributed by atoms with E-state index in [2.05, 4.69) is 10.6 Å². The van der Waals surface area contributed by atoms with Gasteiger partial charge in [0.15, 0.2) is 0 Å². The van der Waals surface area contributed by atoms with E-state index in [0.29, 0.717) is 10.9 Å². The lowest BCUT2D eigenvalue weighted by Gasteiger charge is -2.15. The predicted molar refractivity (Wildman–Crippen MR) is 84.6 cm³/mol. The summed E-state index contributed by atoms with van der Waals surface area (Å²) in [6, 6.07) is 3.94. The molecule has 2 aliphatic rings. The molecule has 3 rings (SSSR count). The zero-order chi connectivity index (χ0) is 14.7. The fourth-order valence-corrected chi connectivity index (χ4v) is 3.59. The van der Waals surface area contributed by atoms with Gasteiger partial charge < -0.3 is 10.6 Å². The third kappa shape index (κ3) is 4.06. The average molecular weight is 306 g/mol. The maximum absolute atomic E-state index is 12.3. The van der Waals surface area contributed by atoms with Crippen LogP contribution < -0.4 is 10.6 Å². The Labute approximate surface area is 129 Å². The van der Waals surface area contributed by atoms with E-state index in [-0.39, 0.29) is 17.7 Å². The Kier molecular flexibility index (Phi) is 4.58. The molecule has 4 nitrogen and oxygen atoms in total. The first kappa shape index (κ1) is 14.6. The number of thiophene rings is 1. The lowest BCUT2D eigenvalue weighted by Crippen LogP contribution is -2.33. The summed E-state index contributed by atoms with van der Waals surface area (Å²) in [5.74, 6) is 0.279. The van der Waals surface area contributed by atoms with Gasteiger partial charge in [0.05, 0.1) is 9.88 Å². The summed E-state index contributed by atoms with van der Waals surface area (Å²) < 4.78 is 0. The van der Waals surface area contributed by atoms with Gasteiger partial charge in [-0.25, -0.2) is 0 Å². The molecule has 1 aromatic rings. The van der Waals surface area contributed by atoms with E-state index < -0.39 is 0 Å². The van der Waals surface area contributed by atoms with Crippen molar-refractivity contribution < 1.29 is 9.59 Å². The maximum atomic E-state index is 12.3. The van der Waals surface area contributed by atoms with Crippen LogP contribution in [0.3, 0.4) is 0 Å². The van der Waals surface area contributed by atoms with Gasteiger partial charge in [0.2, 0.25) is 5.91 Å². The third-order valence-electron chi connectivity index (χ3n) is 4.21. The first-order valence-corrected chi connectivity index (χ1v) is 8.75. The molecule has 0 aromatic carbocycles. The molecule has 0 unspecified atom stereocenters. The molecular formula is C16H22N2O2S. The van der Waals surface area contributed by atoms with Crippen LogP contribution in [0.15, 0.2) is 12.1 Å². The summed E-state index contributed by atoms with van der Waals surface area (Å²) in [5, 5.41) is 6.80. The molecule has 1 heterocycles. The molecule has 2 aliphatic carbocycles. The van der Waals surface area contributed by atoms with Crippen molar-refractivity contribution in [3.05, 3.63) is 17.0 Å². The molecule has 2 fully saturated rings. The van der Waals surface area contributed by atoms with Crippen LogP contribution in [0, 0.1) is 5.92 Å². The zero-order valence-corrected chi connectivity index (χ0v) is 13.0. The quantitative estimate of drug-likeness (QED) is 0.836. The van der Waals surface area contributed by atoms with Crippen molar-refractivity contribution in [2.75, 3.05) is 5.32 Å². The zero-order valence-electron chi connectivity index (χ0n) is 12.2. The Bertz CT molecular complexity index is 514. The molecule has 114 valence electrons. The molecule has 0 bridgehead atoms. The highest BCUT2D eigenvalue weighted by Gasteiger charge is 2.30.